The number of hydrogen-bond acceptors (Lipinski definition) is 2. The Bertz CT molecular complexity index is 797. The number of unbranched alkanes of at least 4 members (excludes halogenated alkanes) is 1. The van der Waals surface area contributed by atoms with Crippen molar-refractivity contribution in [2.45, 2.75) is 19.8 Å². The van der Waals surface area contributed by atoms with Crippen LogP contribution >= 0.6 is 11.6 Å². The molecular weight excluding hydrogens is 334 g/mol. The van der Waals surface area contributed by atoms with Crippen molar-refractivity contribution in [3.8, 4) is 0 Å². The van der Waals surface area contributed by atoms with Crippen LogP contribution in [0.4, 0.5) is 5.69 Å². The maximum atomic E-state index is 12.9. The van der Waals surface area contributed by atoms with Gasteiger partial charge in [0.2, 0.25) is 5.96 Å². The SMILES string of the molecule is CCCCN=C1NC(=Cc2ccccc2)C(=O)N1c1ccc(Cl)cc1. The zero-order valence-electron chi connectivity index (χ0n) is 14.1. The summed E-state index contributed by atoms with van der Waals surface area (Å²) >= 11 is 5.97. The number of anilines is 1. The summed E-state index contributed by atoms with van der Waals surface area (Å²) in [5, 5.41) is 3.80. The highest BCUT2D eigenvalue weighted by Crippen LogP contribution is 2.24. The van der Waals surface area contributed by atoms with Crippen molar-refractivity contribution >= 4 is 35.2 Å². The van der Waals surface area contributed by atoms with Crippen molar-refractivity contribution in [1.29, 1.82) is 0 Å². The molecule has 25 heavy (non-hydrogen) atoms. The number of carbonyl (C=O) groups is 1. The van der Waals surface area contributed by atoms with Gasteiger partial charge in [-0.15, -0.1) is 0 Å². The Labute approximate surface area is 152 Å². The van der Waals surface area contributed by atoms with Crippen LogP contribution in [0.15, 0.2) is 65.3 Å². The first-order valence-corrected chi connectivity index (χ1v) is 8.75. The molecule has 0 spiro atoms. The number of aliphatic imine (C=N–C) groups is 1. The van der Waals surface area contributed by atoms with E-state index >= 15 is 0 Å². The van der Waals surface area contributed by atoms with Crippen LogP contribution in [-0.2, 0) is 4.79 Å². The molecule has 0 atom stereocenters. The van der Waals surface area contributed by atoms with Gasteiger partial charge in [0.15, 0.2) is 0 Å². The van der Waals surface area contributed by atoms with E-state index in [4.69, 9.17) is 11.6 Å². The first-order valence-electron chi connectivity index (χ1n) is 8.37. The van der Waals surface area contributed by atoms with Crippen molar-refractivity contribution in [2.24, 2.45) is 4.99 Å². The van der Waals surface area contributed by atoms with E-state index in [9.17, 15) is 4.79 Å². The molecule has 2 aromatic carbocycles. The number of carbonyl (C=O) groups excluding carboxylic acids is 1. The molecule has 0 saturated carbocycles. The number of guanidine groups is 1. The predicted octanol–water partition coefficient (Wildman–Crippen LogP) is 4.47. The Kier molecular flexibility index (Phi) is 5.51. The highest BCUT2D eigenvalue weighted by molar-refractivity contribution is 6.31. The van der Waals surface area contributed by atoms with Crippen LogP contribution in [0.25, 0.3) is 6.08 Å². The van der Waals surface area contributed by atoms with Gasteiger partial charge in [0.1, 0.15) is 5.70 Å². The monoisotopic (exact) mass is 353 g/mol. The number of benzene rings is 2. The standard InChI is InChI=1S/C20H20ClN3O/c1-2-3-13-22-20-23-18(14-15-7-5-4-6-8-15)19(25)24(20)17-11-9-16(21)10-12-17/h4-12,14H,2-3,13H2,1H3,(H,22,23). The van der Waals surface area contributed by atoms with Crippen LogP contribution in [0.3, 0.4) is 0 Å². The van der Waals surface area contributed by atoms with E-state index in [0.717, 1.165) is 24.1 Å². The molecule has 3 rings (SSSR count). The van der Waals surface area contributed by atoms with Gasteiger partial charge in [0.25, 0.3) is 5.91 Å². The lowest BCUT2D eigenvalue weighted by Gasteiger charge is -2.15. The van der Waals surface area contributed by atoms with Gasteiger partial charge in [-0.25, -0.2) is 4.90 Å². The summed E-state index contributed by atoms with van der Waals surface area (Å²) in [6.45, 7) is 2.79. The minimum Gasteiger partial charge on any atom is -0.321 e. The molecule has 0 unspecified atom stereocenters. The average molecular weight is 354 g/mol. The molecule has 1 aliphatic rings. The second kappa shape index (κ2) is 7.99. The Morgan fingerprint density at radius 1 is 1.12 bits per heavy atom. The summed E-state index contributed by atoms with van der Waals surface area (Å²) in [7, 11) is 0. The van der Waals surface area contributed by atoms with E-state index in [2.05, 4.69) is 17.2 Å². The van der Waals surface area contributed by atoms with E-state index in [0.29, 0.717) is 23.2 Å². The lowest BCUT2D eigenvalue weighted by molar-refractivity contribution is -0.113. The van der Waals surface area contributed by atoms with E-state index in [1.54, 1.807) is 17.0 Å². The van der Waals surface area contributed by atoms with Gasteiger partial charge in [-0.2, -0.15) is 0 Å². The van der Waals surface area contributed by atoms with Gasteiger partial charge in [-0.3, -0.25) is 9.79 Å². The van der Waals surface area contributed by atoms with Crippen LogP contribution < -0.4 is 10.2 Å². The normalized spacial score (nSPS) is 17.4. The van der Waals surface area contributed by atoms with Crippen LogP contribution in [0.5, 0.6) is 0 Å². The first kappa shape index (κ1) is 17.2. The fourth-order valence-corrected chi connectivity index (χ4v) is 2.67. The number of rotatable bonds is 5. The van der Waals surface area contributed by atoms with Crippen molar-refractivity contribution in [1.82, 2.24) is 5.32 Å². The number of amides is 1. The smallest absolute Gasteiger partial charge is 0.281 e. The third-order valence-electron chi connectivity index (χ3n) is 3.86. The molecule has 2 aromatic rings. The van der Waals surface area contributed by atoms with Crippen molar-refractivity contribution in [3.05, 3.63) is 70.9 Å². The number of halogens is 1. The summed E-state index contributed by atoms with van der Waals surface area (Å²) in [4.78, 5) is 19.1. The predicted molar refractivity (Wildman–Crippen MR) is 104 cm³/mol. The molecule has 0 radical (unpaired) electrons. The van der Waals surface area contributed by atoms with E-state index in [-0.39, 0.29) is 5.91 Å². The Morgan fingerprint density at radius 3 is 2.52 bits per heavy atom. The number of hydrogen-bond donors (Lipinski definition) is 1. The highest BCUT2D eigenvalue weighted by atomic mass is 35.5. The molecule has 0 aromatic heterocycles. The third kappa shape index (κ3) is 4.09. The van der Waals surface area contributed by atoms with Crippen LogP contribution in [0, 0.1) is 0 Å². The zero-order chi connectivity index (χ0) is 17.6. The maximum Gasteiger partial charge on any atom is 0.281 e. The van der Waals surface area contributed by atoms with E-state index in [1.807, 2.05) is 48.5 Å². The molecule has 1 heterocycles. The van der Waals surface area contributed by atoms with Gasteiger partial charge in [0, 0.05) is 11.6 Å². The summed E-state index contributed by atoms with van der Waals surface area (Å²) in [6, 6.07) is 16.9. The molecule has 0 bridgehead atoms. The minimum atomic E-state index is -0.124. The molecule has 128 valence electrons. The first-order chi connectivity index (χ1) is 12.2. The summed E-state index contributed by atoms with van der Waals surface area (Å²) in [6.07, 6.45) is 3.87. The lowest BCUT2D eigenvalue weighted by atomic mass is 10.2. The molecule has 0 aliphatic carbocycles. The van der Waals surface area contributed by atoms with Crippen molar-refractivity contribution < 1.29 is 4.79 Å². The molecule has 1 fully saturated rings. The number of nitrogens with one attached hydrogen (secondary N) is 1. The Hall–Kier alpha value is -2.59. The topological polar surface area (TPSA) is 44.7 Å². The second-order valence-corrected chi connectivity index (χ2v) is 6.21. The fourth-order valence-electron chi connectivity index (χ4n) is 2.54. The summed E-state index contributed by atoms with van der Waals surface area (Å²) < 4.78 is 0. The maximum absolute atomic E-state index is 12.9. The van der Waals surface area contributed by atoms with Gasteiger partial charge in [-0.1, -0.05) is 55.3 Å². The number of nitrogens with zero attached hydrogens (tertiary/aromatic N) is 2. The second-order valence-electron chi connectivity index (χ2n) is 5.77. The summed E-state index contributed by atoms with van der Waals surface area (Å²) in [5.74, 6) is 0.435. The largest absolute Gasteiger partial charge is 0.321 e. The Balaban J connectivity index is 1.95. The molecule has 1 saturated heterocycles. The molecule has 1 amide bonds. The zero-order valence-corrected chi connectivity index (χ0v) is 14.8. The van der Waals surface area contributed by atoms with Crippen LogP contribution in [0.2, 0.25) is 5.02 Å². The average Bonchev–Trinajstić information content (AvgIpc) is 2.93. The third-order valence-corrected chi connectivity index (χ3v) is 4.11. The molecular formula is C20H20ClN3O. The molecule has 1 aliphatic heterocycles. The summed E-state index contributed by atoms with van der Waals surface area (Å²) in [5.41, 5.74) is 2.22. The van der Waals surface area contributed by atoms with Gasteiger partial charge < -0.3 is 5.32 Å². The van der Waals surface area contributed by atoms with Crippen molar-refractivity contribution in [2.75, 3.05) is 11.4 Å². The highest BCUT2D eigenvalue weighted by Gasteiger charge is 2.33. The van der Waals surface area contributed by atoms with Crippen LogP contribution in [-0.4, -0.2) is 18.4 Å². The van der Waals surface area contributed by atoms with E-state index < -0.39 is 0 Å². The van der Waals surface area contributed by atoms with Crippen molar-refractivity contribution in [3.63, 3.8) is 0 Å². The fraction of sp³-hybridized carbons (Fsp3) is 0.200. The molecule has 4 nitrogen and oxygen atoms in total. The quantitative estimate of drug-likeness (QED) is 0.636. The molecule has 1 N–H and O–H groups in total. The Morgan fingerprint density at radius 2 is 1.84 bits per heavy atom. The van der Waals surface area contributed by atoms with Gasteiger partial charge >= 0.3 is 0 Å². The minimum absolute atomic E-state index is 0.124. The van der Waals surface area contributed by atoms with Gasteiger partial charge in [0.05, 0.1) is 5.69 Å². The van der Waals surface area contributed by atoms with E-state index in [1.165, 1.54) is 0 Å². The molecule has 5 heteroatoms. The van der Waals surface area contributed by atoms with Crippen LogP contribution in [0.1, 0.15) is 25.3 Å². The lowest BCUT2D eigenvalue weighted by Crippen LogP contribution is -2.32. The van der Waals surface area contributed by atoms with Gasteiger partial charge in [-0.05, 0) is 42.3 Å².